The van der Waals surface area contributed by atoms with E-state index in [0.717, 1.165) is 34.8 Å². The van der Waals surface area contributed by atoms with Gasteiger partial charge >= 0.3 is 37.9 Å². The summed E-state index contributed by atoms with van der Waals surface area (Å²) in [5.41, 5.74) is 2.21. The van der Waals surface area contributed by atoms with Gasteiger partial charge in [0.25, 0.3) is 0 Å². The molecular formula is C18H38Cl2SiZr. The van der Waals surface area contributed by atoms with Crippen molar-refractivity contribution in [3.05, 3.63) is 14.9 Å². The zero-order chi connectivity index (χ0) is 15.5. The van der Waals surface area contributed by atoms with Crippen LogP contribution in [0.3, 0.4) is 0 Å². The summed E-state index contributed by atoms with van der Waals surface area (Å²) in [7, 11) is 8.82. The van der Waals surface area contributed by atoms with Crippen molar-refractivity contribution < 1.29 is 20.8 Å². The topological polar surface area (TPSA) is 0 Å². The summed E-state index contributed by atoms with van der Waals surface area (Å²) in [6, 6.07) is 0. The van der Waals surface area contributed by atoms with E-state index in [4.69, 9.17) is 17.0 Å². The Hall–Kier alpha value is 1.68. The van der Waals surface area contributed by atoms with Crippen LogP contribution in [-0.2, 0) is 20.8 Å². The molecule has 6 atom stereocenters. The van der Waals surface area contributed by atoms with Crippen LogP contribution >= 0.6 is 17.0 Å². The van der Waals surface area contributed by atoms with E-state index < -0.39 is 28.9 Å². The SMILES string of the molecule is CC1CC(C)C([Si](C)(C)C2CC(C)CC2C)C1.[CH3-].[CH3-].[Cl][Zr+2][Cl]. The Balaban J connectivity index is 0. The first-order valence-electron chi connectivity index (χ1n) is 8.20. The van der Waals surface area contributed by atoms with Crippen molar-refractivity contribution >= 4 is 25.1 Å². The van der Waals surface area contributed by atoms with Crippen molar-refractivity contribution in [1.82, 2.24) is 0 Å². The van der Waals surface area contributed by atoms with Crippen LogP contribution in [0, 0.1) is 38.5 Å². The molecule has 0 nitrogen and oxygen atoms in total. The summed E-state index contributed by atoms with van der Waals surface area (Å²) in [6.07, 6.45) is 6.07. The Kier molecular flexibility index (Phi) is 13.3. The first-order valence-corrected chi connectivity index (χ1v) is 17.7. The van der Waals surface area contributed by atoms with E-state index in [1.807, 2.05) is 0 Å². The summed E-state index contributed by atoms with van der Waals surface area (Å²) in [4.78, 5) is 0. The van der Waals surface area contributed by atoms with E-state index >= 15 is 0 Å². The average molecular weight is 445 g/mol. The number of rotatable bonds is 2. The van der Waals surface area contributed by atoms with Crippen molar-refractivity contribution in [2.45, 2.75) is 77.6 Å². The fourth-order valence-electron chi connectivity index (χ4n) is 5.47. The van der Waals surface area contributed by atoms with Crippen molar-refractivity contribution in [2.24, 2.45) is 23.7 Å². The van der Waals surface area contributed by atoms with Crippen LogP contribution in [0.15, 0.2) is 0 Å². The van der Waals surface area contributed by atoms with Crippen LogP contribution in [-0.4, -0.2) is 8.07 Å². The van der Waals surface area contributed by atoms with Crippen molar-refractivity contribution in [2.75, 3.05) is 0 Å². The van der Waals surface area contributed by atoms with Gasteiger partial charge in [-0.15, -0.1) is 0 Å². The molecule has 6 unspecified atom stereocenters. The van der Waals surface area contributed by atoms with Crippen LogP contribution in [0.4, 0.5) is 0 Å². The van der Waals surface area contributed by atoms with Gasteiger partial charge in [0.05, 0.1) is 8.07 Å². The van der Waals surface area contributed by atoms with E-state index in [1.54, 1.807) is 0 Å². The summed E-state index contributed by atoms with van der Waals surface area (Å²) in [6.45, 7) is 15.4. The molecule has 0 aromatic heterocycles. The molecule has 0 amide bonds. The molecule has 0 aliphatic heterocycles. The van der Waals surface area contributed by atoms with Gasteiger partial charge in [-0.25, -0.2) is 0 Å². The van der Waals surface area contributed by atoms with Gasteiger partial charge in [-0.2, -0.15) is 0 Å². The fourth-order valence-corrected chi connectivity index (χ4v) is 11.2. The van der Waals surface area contributed by atoms with Gasteiger partial charge in [0.15, 0.2) is 0 Å². The Morgan fingerprint density at radius 2 is 1.00 bits per heavy atom. The Labute approximate surface area is 161 Å². The van der Waals surface area contributed by atoms with Gasteiger partial charge in [-0.1, -0.05) is 40.8 Å². The van der Waals surface area contributed by atoms with Crippen molar-refractivity contribution in [3.8, 4) is 0 Å². The monoisotopic (exact) mass is 442 g/mol. The molecule has 0 bridgehead atoms. The molecule has 2 aliphatic carbocycles. The maximum absolute atomic E-state index is 4.93. The van der Waals surface area contributed by atoms with E-state index in [9.17, 15) is 0 Å². The number of halogens is 2. The van der Waals surface area contributed by atoms with Gasteiger partial charge in [-0.3, -0.25) is 0 Å². The minimum absolute atomic E-state index is 0. The third-order valence-electron chi connectivity index (χ3n) is 6.15. The summed E-state index contributed by atoms with van der Waals surface area (Å²) < 4.78 is 0. The number of hydrogen-bond acceptors (Lipinski definition) is 0. The fraction of sp³-hybridized carbons (Fsp3) is 0.889. The summed E-state index contributed by atoms with van der Waals surface area (Å²) >= 11 is -0.826. The number of hydrogen-bond donors (Lipinski definition) is 0. The van der Waals surface area contributed by atoms with Crippen LogP contribution < -0.4 is 0 Å². The van der Waals surface area contributed by atoms with E-state index in [2.05, 4.69) is 40.8 Å². The Morgan fingerprint density at radius 3 is 1.18 bits per heavy atom. The summed E-state index contributed by atoms with van der Waals surface area (Å²) in [5.74, 6) is 4.01. The quantitative estimate of drug-likeness (QED) is 0.300. The molecule has 0 spiro atoms. The predicted molar refractivity (Wildman–Crippen MR) is 105 cm³/mol. The standard InChI is InChI=1S/C16H32Si.2CH3.2ClH.Zr/c1-11-7-13(3)15(9-11)17(5,6)16-10-12(2)8-14(16)4;;;;;/h11-16H,7-10H2,1-6H3;2*1H3;2*1H;/q;2*-1;;;+4/p-2. The second-order valence-electron chi connectivity index (χ2n) is 8.21. The molecular weight excluding hydrogens is 406 g/mol. The molecule has 2 saturated carbocycles. The van der Waals surface area contributed by atoms with Crippen LogP contribution in [0.1, 0.15) is 53.4 Å². The first-order chi connectivity index (χ1) is 9.23. The third kappa shape index (κ3) is 6.53. The Bertz CT molecular complexity index is 273. The molecule has 0 saturated heterocycles. The molecule has 2 aliphatic rings. The normalized spacial score (nSPS) is 37.3. The molecule has 132 valence electrons. The maximum atomic E-state index is 4.93. The van der Waals surface area contributed by atoms with Crippen molar-refractivity contribution in [3.63, 3.8) is 0 Å². The molecule has 2 rings (SSSR count). The van der Waals surface area contributed by atoms with Gasteiger partial charge in [-0.05, 0) is 60.4 Å². The van der Waals surface area contributed by atoms with Gasteiger partial charge in [0.1, 0.15) is 0 Å². The van der Waals surface area contributed by atoms with Crippen LogP contribution in [0.5, 0.6) is 0 Å². The van der Waals surface area contributed by atoms with E-state index in [1.165, 1.54) is 25.7 Å². The van der Waals surface area contributed by atoms with E-state index in [0.29, 0.717) is 0 Å². The van der Waals surface area contributed by atoms with Crippen LogP contribution in [0.25, 0.3) is 0 Å². The van der Waals surface area contributed by atoms with Crippen LogP contribution in [0.2, 0.25) is 24.2 Å². The van der Waals surface area contributed by atoms with E-state index in [-0.39, 0.29) is 14.9 Å². The molecule has 2 fully saturated rings. The molecule has 0 heterocycles. The second-order valence-corrected chi connectivity index (χ2v) is 17.1. The first kappa shape index (κ1) is 25.9. The summed E-state index contributed by atoms with van der Waals surface area (Å²) in [5, 5.41) is 0. The van der Waals surface area contributed by atoms with Gasteiger partial charge < -0.3 is 14.9 Å². The molecule has 0 aromatic rings. The molecule has 22 heavy (non-hydrogen) atoms. The molecule has 4 heteroatoms. The zero-order valence-electron chi connectivity index (χ0n) is 16.0. The van der Waals surface area contributed by atoms with Gasteiger partial charge in [0.2, 0.25) is 0 Å². The van der Waals surface area contributed by atoms with Gasteiger partial charge in [0, 0.05) is 0 Å². The third-order valence-corrected chi connectivity index (χ3v) is 11.6. The second kappa shape index (κ2) is 11.3. The molecule has 0 N–H and O–H groups in total. The molecule has 0 aromatic carbocycles. The Morgan fingerprint density at radius 1 is 0.727 bits per heavy atom. The zero-order valence-corrected chi connectivity index (χ0v) is 21.0. The molecule has 0 radical (unpaired) electrons. The van der Waals surface area contributed by atoms with Crippen molar-refractivity contribution in [1.29, 1.82) is 0 Å². The average Bonchev–Trinajstić information content (AvgIpc) is 2.83. The minimum atomic E-state index is -1.05. The predicted octanol–water partition coefficient (Wildman–Crippen LogP) is 7.84.